The maximum Gasteiger partial charge on any atom is 0.232 e. The van der Waals surface area contributed by atoms with Crippen molar-refractivity contribution >= 4 is 33.3 Å². The molecule has 2 N–H and O–H groups in total. The third-order valence-electron chi connectivity index (χ3n) is 7.22. The van der Waals surface area contributed by atoms with Gasteiger partial charge in [0.05, 0.1) is 5.41 Å². The van der Waals surface area contributed by atoms with Crippen LogP contribution in [0.5, 0.6) is 0 Å². The third kappa shape index (κ3) is 2.69. The largest absolute Gasteiger partial charge is 0.361 e. The molecule has 4 aliphatic rings. The number of benzene rings is 1. The van der Waals surface area contributed by atoms with Crippen molar-refractivity contribution in [3.05, 3.63) is 41.0 Å². The molecule has 1 amide bonds. The summed E-state index contributed by atoms with van der Waals surface area (Å²) in [5.41, 5.74) is 2.21. The summed E-state index contributed by atoms with van der Waals surface area (Å²) in [5.74, 6) is 2.50. The Morgan fingerprint density at radius 3 is 2.57 bits per heavy atom. The fraction of sp³-hybridized carbons (Fsp3) is 0.500. The van der Waals surface area contributed by atoms with Crippen LogP contribution in [0.1, 0.15) is 49.1 Å². The van der Waals surface area contributed by atoms with Gasteiger partial charge in [0.1, 0.15) is 5.01 Å². The highest BCUT2D eigenvalue weighted by Crippen LogP contribution is 2.60. The Morgan fingerprint density at radius 1 is 1.11 bits per heavy atom. The molecule has 7 rings (SSSR count). The van der Waals surface area contributed by atoms with Crippen molar-refractivity contribution in [3.63, 3.8) is 0 Å². The van der Waals surface area contributed by atoms with E-state index in [2.05, 4.69) is 38.7 Å². The Hall–Kier alpha value is -2.21. The summed E-state index contributed by atoms with van der Waals surface area (Å²) in [5, 5.41) is 14.5. The maximum absolute atomic E-state index is 13.2. The SMILES string of the molecule is O=C(Nc1nnc(Cc2c[nH]c3ccccc23)s1)C12CC3CC(CC(C3)C1)C2. The molecule has 4 aliphatic carbocycles. The molecule has 5 nitrogen and oxygen atoms in total. The van der Waals surface area contributed by atoms with E-state index in [4.69, 9.17) is 0 Å². The average Bonchev–Trinajstić information content (AvgIpc) is 3.28. The fourth-order valence-corrected chi connectivity index (χ4v) is 7.19. The summed E-state index contributed by atoms with van der Waals surface area (Å²) < 4.78 is 0. The number of carbonyl (C=O) groups excluding carboxylic acids is 1. The molecule has 4 saturated carbocycles. The zero-order valence-corrected chi connectivity index (χ0v) is 16.6. The summed E-state index contributed by atoms with van der Waals surface area (Å²) in [4.78, 5) is 16.5. The standard InChI is InChI=1S/C22H24N4OS/c27-20(22-9-13-5-14(10-22)7-15(6-13)11-22)24-21-26-25-19(28-21)8-16-12-23-18-4-2-1-3-17(16)18/h1-4,12-15,23H,5-11H2,(H,24,26,27). The van der Waals surface area contributed by atoms with Crippen molar-refractivity contribution in [3.8, 4) is 0 Å². The van der Waals surface area contributed by atoms with Crippen LogP contribution in [0.2, 0.25) is 0 Å². The van der Waals surface area contributed by atoms with E-state index in [-0.39, 0.29) is 11.3 Å². The highest BCUT2D eigenvalue weighted by molar-refractivity contribution is 7.15. The van der Waals surface area contributed by atoms with Gasteiger partial charge in [-0.15, -0.1) is 10.2 Å². The van der Waals surface area contributed by atoms with Crippen molar-refractivity contribution in [1.82, 2.24) is 15.2 Å². The van der Waals surface area contributed by atoms with E-state index in [9.17, 15) is 4.79 Å². The smallest absolute Gasteiger partial charge is 0.232 e. The lowest BCUT2D eigenvalue weighted by atomic mass is 9.49. The predicted molar refractivity (Wildman–Crippen MR) is 110 cm³/mol. The molecule has 0 unspecified atom stereocenters. The van der Waals surface area contributed by atoms with E-state index in [1.807, 2.05) is 12.3 Å². The molecule has 4 bridgehead atoms. The molecule has 2 aromatic heterocycles. The Morgan fingerprint density at radius 2 is 1.82 bits per heavy atom. The van der Waals surface area contributed by atoms with Crippen LogP contribution in [0.4, 0.5) is 5.13 Å². The quantitative estimate of drug-likeness (QED) is 0.672. The normalized spacial score (nSPS) is 30.8. The van der Waals surface area contributed by atoms with Gasteiger partial charge in [-0.1, -0.05) is 29.5 Å². The van der Waals surface area contributed by atoms with Gasteiger partial charge in [-0.2, -0.15) is 0 Å². The summed E-state index contributed by atoms with van der Waals surface area (Å²) in [6.07, 6.45) is 10.0. The molecule has 1 aromatic carbocycles. The van der Waals surface area contributed by atoms with Crippen LogP contribution in [0.3, 0.4) is 0 Å². The first-order valence-corrected chi connectivity index (χ1v) is 11.2. The predicted octanol–water partition coefficient (Wildman–Crippen LogP) is 4.77. The summed E-state index contributed by atoms with van der Waals surface area (Å²) >= 11 is 1.50. The van der Waals surface area contributed by atoms with Gasteiger partial charge >= 0.3 is 0 Å². The number of amides is 1. The molecule has 0 atom stereocenters. The monoisotopic (exact) mass is 392 g/mol. The van der Waals surface area contributed by atoms with Crippen LogP contribution in [0, 0.1) is 23.2 Å². The van der Waals surface area contributed by atoms with Gasteiger partial charge in [-0.05, 0) is 67.9 Å². The number of anilines is 1. The Balaban J connectivity index is 1.19. The van der Waals surface area contributed by atoms with Gasteiger partial charge in [0, 0.05) is 23.5 Å². The Bertz CT molecular complexity index is 1020. The maximum atomic E-state index is 13.2. The van der Waals surface area contributed by atoms with Gasteiger partial charge < -0.3 is 10.3 Å². The molecule has 0 saturated heterocycles. The van der Waals surface area contributed by atoms with Crippen LogP contribution >= 0.6 is 11.3 Å². The second-order valence-corrected chi connectivity index (χ2v) is 10.3. The number of aromatic nitrogens is 3. The van der Waals surface area contributed by atoms with Gasteiger partial charge in [-0.25, -0.2) is 0 Å². The fourth-order valence-electron chi connectivity index (χ4n) is 6.43. The molecular weight excluding hydrogens is 368 g/mol. The zero-order valence-electron chi connectivity index (χ0n) is 15.8. The van der Waals surface area contributed by atoms with E-state index in [1.165, 1.54) is 41.5 Å². The Labute approximate surface area is 168 Å². The molecule has 0 radical (unpaired) electrons. The van der Waals surface area contributed by atoms with E-state index < -0.39 is 0 Å². The molecule has 0 aliphatic heterocycles. The first-order chi connectivity index (χ1) is 13.7. The summed E-state index contributed by atoms with van der Waals surface area (Å²) in [6, 6.07) is 8.29. The van der Waals surface area contributed by atoms with E-state index in [1.54, 1.807) is 0 Å². The second kappa shape index (κ2) is 6.14. The highest BCUT2D eigenvalue weighted by Gasteiger charge is 2.54. The van der Waals surface area contributed by atoms with Crippen molar-refractivity contribution < 1.29 is 4.79 Å². The van der Waals surface area contributed by atoms with Crippen LogP contribution in [-0.2, 0) is 11.2 Å². The minimum absolute atomic E-state index is 0.141. The minimum Gasteiger partial charge on any atom is -0.361 e. The number of para-hydroxylation sites is 1. The number of rotatable bonds is 4. The highest BCUT2D eigenvalue weighted by atomic mass is 32.1. The van der Waals surface area contributed by atoms with Gasteiger partial charge in [0.15, 0.2) is 0 Å². The van der Waals surface area contributed by atoms with E-state index in [0.717, 1.165) is 54.0 Å². The number of nitrogens with zero attached hydrogens (tertiary/aromatic N) is 2. The number of hydrogen-bond donors (Lipinski definition) is 2. The van der Waals surface area contributed by atoms with Crippen molar-refractivity contribution in [2.24, 2.45) is 23.2 Å². The lowest BCUT2D eigenvalue weighted by molar-refractivity contribution is -0.140. The number of nitrogens with one attached hydrogen (secondary N) is 2. The first kappa shape index (κ1) is 16.7. The van der Waals surface area contributed by atoms with E-state index in [0.29, 0.717) is 5.13 Å². The lowest BCUT2D eigenvalue weighted by Crippen LogP contribution is -2.51. The molecule has 3 aromatic rings. The average molecular weight is 393 g/mol. The lowest BCUT2D eigenvalue weighted by Gasteiger charge is -2.55. The number of aromatic amines is 1. The molecule has 0 spiro atoms. The number of carbonyl (C=O) groups is 1. The van der Waals surface area contributed by atoms with Gasteiger partial charge in [0.2, 0.25) is 11.0 Å². The summed E-state index contributed by atoms with van der Waals surface area (Å²) in [7, 11) is 0. The molecule has 2 heterocycles. The first-order valence-electron chi connectivity index (χ1n) is 10.4. The van der Waals surface area contributed by atoms with Crippen LogP contribution < -0.4 is 5.32 Å². The molecule has 6 heteroatoms. The number of hydrogen-bond acceptors (Lipinski definition) is 4. The molecule has 4 fully saturated rings. The van der Waals surface area contributed by atoms with Crippen molar-refractivity contribution in [2.45, 2.75) is 44.9 Å². The van der Waals surface area contributed by atoms with Crippen molar-refractivity contribution in [1.29, 1.82) is 0 Å². The molecular formula is C22H24N4OS. The number of H-pyrrole nitrogens is 1. The third-order valence-corrected chi connectivity index (χ3v) is 8.06. The van der Waals surface area contributed by atoms with Gasteiger partial charge in [0.25, 0.3) is 0 Å². The zero-order chi connectivity index (χ0) is 18.7. The molecule has 28 heavy (non-hydrogen) atoms. The van der Waals surface area contributed by atoms with E-state index >= 15 is 0 Å². The summed E-state index contributed by atoms with van der Waals surface area (Å²) in [6.45, 7) is 0. The number of fused-ring (bicyclic) bond motifs is 1. The minimum atomic E-state index is -0.141. The topological polar surface area (TPSA) is 70.7 Å². The second-order valence-electron chi connectivity index (χ2n) is 9.19. The Kier molecular flexibility index (Phi) is 3.67. The molecule has 144 valence electrons. The van der Waals surface area contributed by atoms with Crippen LogP contribution in [0.25, 0.3) is 10.9 Å². The van der Waals surface area contributed by atoms with Gasteiger partial charge in [-0.3, -0.25) is 4.79 Å². The van der Waals surface area contributed by atoms with Crippen LogP contribution in [0.15, 0.2) is 30.5 Å². The van der Waals surface area contributed by atoms with Crippen LogP contribution in [-0.4, -0.2) is 21.1 Å². The van der Waals surface area contributed by atoms with Crippen molar-refractivity contribution in [2.75, 3.05) is 5.32 Å².